The first-order valence-corrected chi connectivity index (χ1v) is 7.14. The number of amides is 1. The Hall–Kier alpha value is -2.43. The molecule has 0 spiro atoms. The summed E-state index contributed by atoms with van der Waals surface area (Å²) >= 11 is 0. The van der Waals surface area contributed by atoms with E-state index in [9.17, 15) is 19.5 Å². The first-order chi connectivity index (χ1) is 10.3. The minimum absolute atomic E-state index is 0.0498. The molecule has 116 valence electrons. The average molecular weight is 301 g/mol. The lowest BCUT2D eigenvalue weighted by Crippen LogP contribution is -2.32. The molecule has 0 aromatic heterocycles. The molecular weight excluding hydrogens is 282 g/mol. The molecule has 1 heterocycles. The van der Waals surface area contributed by atoms with Gasteiger partial charge in [-0.25, -0.2) is 0 Å². The van der Waals surface area contributed by atoms with Crippen LogP contribution in [0.1, 0.15) is 37.4 Å². The molecule has 1 aromatic carbocycles. The molecule has 0 saturated carbocycles. The standard InChI is InChI=1S/C17H19NO4/c1-10-4-6-13(7-5-10)15-14(12(3)20)16(21)17(22)18(15)9-8-11(2)19/h4-7,15,21H,8-9H2,1-3H3/t15-/m1/s1. The van der Waals surface area contributed by atoms with Crippen LogP contribution in [0.25, 0.3) is 0 Å². The third-order valence-electron chi connectivity index (χ3n) is 3.78. The normalized spacial score (nSPS) is 18.0. The summed E-state index contributed by atoms with van der Waals surface area (Å²) in [5.41, 5.74) is 1.90. The maximum absolute atomic E-state index is 12.2. The van der Waals surface area contributed by atoms with Gasteiger partial charge in [-0.05, 0) is 26.3 Å². The van der Waals surface area contributed by atoms with Gasteiger partial charge in [-0.1, -0.05) is 29.8 Å². The van der Waals surface area contributed by atoms with Crippen LogP contribution in [0.4, 0.5) is 0 Å². The minimum Gasteiger partial charge on any atom is -0.503 e. The highest BCUT2D eigenvalue weighted by molar-refractivity contribution is 6.08. The number of benzene rings is 1. The number of hydrogen-bond donors (Lipinski definition) is 1. The molecule has 0 aliphatic carbocycles. The number of aliphatic hydroxyl groups is 1. The largest absolute Gasteiger partial charge is 0.503 e. The van der Waals surface area contributed by atoms with E-state index in [1.54, 1.807) is 0 Å². The van der Waals surface area contributed by atoms with Crippen molar-refractivity contribution in [2.45, 2.75) is 33.2 Å². The van der Waals surface area contributed by atoms with Gasteiger partial charge in [-0.3, -0.25) is 14.4 Å². The fourth-order valence-electron chi connectivity index (χ4n) is 2.62. The van der Waals surface area contributed by atoms with Gasteiger partial charge in [0.15, 0.2) is 11.5 Å². The van der Waals surface area contributed by atoms with Gasteiger partial charge in [0.1, 0.15) is 5.78 Å². The molecule has 0 unspecified atom stereocenters. The van der Waals surface area contributed by atoms with Crippen molar-refractivity contribution in [1.29, 1.82) is 0 Å². The lowest BCUT2D eigenvalue weighted by molar-refractivity contribution is -0.130. The molecule has 1 N–H and O–H groups in total. The first kappa shape index (κ1) is 15.9. The Balaban J connectivity index is 2.45. The molecule has 5 nitrogen and oxygen atoms in total. The summed E-state index contributed by atoms with van der Waals surface area (Å²) in [6.45, 7) is 4.89. The van der Waals surface area contributed by atoms with Crippen LogP contribution in [0.3, 0.4) is 0 Å². The second kappa shape index (κ2) is 6.13. The highest BCUT2D eigenvalue weighted by Crippen LogP contribution is 2.37. The Kier molecular flexibility index (Phi) is 4.45. The fourth-order valence-corrected chi connectivity index (χ4v) is 2.62. The monoisotopic (exact) mass is 301 g/mol. The summed E-state index contributed by atoms with van der Waals surface area (Å²) in [5, 5.41) is 10.0. The molecule has 1 aliphatic heterocycles. The molecule has 0 fully saturated rings. The van der Waals surface area contributed by atoms with E-state index >= 15 is 0 Å². The van der Waals surface area contributed by atoms with Gasteiger partial charge in [-0.15, -0.1) is 0 Å². The molecule has 5 heteroatoms. The molecule has 1 aromatic rings. The predicted molar refractivity (Wildman–Crippen MR) is 81.3 cm³/mol. The van der Waals surface area contributed by atoms with Crippen molar-refractivity contribution in [2.75, 3.05) is 6.54 Å². The number of hydrogen-bond acceptors (Lipinski definition) is 4. The van der Waals surface area contributed by atoms with Crippen LogP contribution >= 0.6 is 0 Å². The second-order valence-corrected chi connectivity index (χ2v) is 5.58. The Morgan fingerprint density at radius 1 is 1.18 bits per heavy atom. The second-order valence-electron chi connectivity index (χ2n) is 5.58. The summed E-state index contributed by atoms with van der Waals surface area (Å²) in [5.74, 6) is -1.51. The summed E-state index contributed by atoms with van der Waals surface area (Å²) in [7, 11) is 0. The summed E-state index contributed by atoms with van der Waals surface area (Å²) in [4.78, 5) is 36.7. The van der Waals surface area contributed by atoms with Crippen molar-refractivity contribution >= 4 is 17.5 Å². The highest BCUT2D eigenvalue weighted by atomic mass is 16.3. The SMILES string of the molecule is CC(=O)CCN1C(=O)C(O)=C(C(C)=O)[C@H]1c1ccc(C)cc1. The number of nitrogens with zero attached hydrogens (tertiary/aromatic N) is 1. The lowest BCUT2D eigenvalue weighted by Gasteiger charge is -2.26. The van der Waals surface area contributed by atoms with Gasteiger partial charge >= 0.3 is 0 Å². The number of ketones is 2. The zero-order valence-electron chi connectivity index (χ0n) is 12.9. The molecule has 0 saturated heterocycles. The first-order valence-electron chi connectivity index (χ1n) is 7.14. The molecule has 1 aliphatic rings. The summed E-state index contributed by atoms with van der Waals surface area (Å²) in [6.07, 6.45) is 0.187. The fraction of sp³-hybridized carbons (Fsp3) is 0.353. The number of carbonyl (C=O) groups is 3. The van der Waals surface area contributed by atoms with Gasteiger partial charge in [0.2, 0.25) is 0 Å². The van der Waals surface area contributed by atoms with Crippen LogP contribution in [-0.2, 0) is 14.4 Å². The van der Waals surface area contributed by atoms with Gasteiger partial charge in [0.05, 0.1) is 11.6 Å². The van der Waals surface area contributed by atoms with Crippen LogP contribution in [0, 0.1) is 6.92 Å². The molecule has 1 atom stereocenters. The highest BCUT2D eigenvalue weighted by Gasteiger charge is 2.42. The van der Waals surface area contributed by atoms with Gasteiger partial charge in [0, 0.05) is 13.0 Å². The summed E-state index contributed by atoms with van der Waals surface area (Å²) < 4.78 is 0. The van der Waals surface area contributed by atoms with E-state index in [4.69, 9.17) is 0 Å². The number of carbonyl (C=O) groups excluding carboxylic acids is 3. The Morgan fingerprint density at radius 2 is 1.77 bits per heavy atom. The minimum atomic E-state index is -0.634. The molecule has 2 rings (SSSR count). The molecule has 0 bridgehead atoms. The Labute approximate surface area is 129 Å². The van der Waals surface area contributed by atoms with E-state index in [-0.39, 0.29) is 30.1 Å². The topological polar surface area (TPSA) is 74.7 Å². The summed E-state index contributed by atoms with van der Waals surface area (Å²) in [6, 6.07) is 6.79. The average Bonchev–Trinajstić information content (AvgIpc) is 2.70. The van der Waals surface area contributed by atoms with E-state index in [0.717, 1.165) is 11.1 Å². The van der Waals surface area contributed by atoms with Crippen LogP contribution in [0.2, 0.25) is 0 Å². The van der Waals surface area contributed by atoms with Crippen LogP contribution in [0.15, 0.2) is 35.6 Å². The van der Waals surface area contributed by atoms with E-state index < -0.39 is 17.7 Å². The Morgan fingerprint density at radius 3 is 2.27 bits per heavy atom. The zero-order chi connectivity index (χ0) is 16.4. The van der Waals surface area contributed by atoms with Crippen molar-refractivity contribution < 1.29 is 19.5 Å². The molecule has 22 heavy (non-hydrogen) atoms. The Bertz CT molecular complexity index is 658. The maximum atomic E-state index is 12.2. The van der Waals surface area contributed by atoms with Crippen LogP contribution < -0.4 is 0 Å². The van der Waals surface area contributed by atoms with Crippen molar-refractivity contribution in [1.82, 2.24) is 4.90 Å². The molecule has 1 amide bonds. The van der Waals surface area contributed by atoms with Gasteiger partial charge in [-0.2, -0.15) is 0 Å². The molecule has 0 radical (unpaired) electrons. The quantitative estimate of drug-likeness (QED) is 0.905. The van der Waals surface area contributed by atoms with Crippen molar-refractivity contribution in [2.24, 2.45) is 0 Å². The van der Waals surface area contributed by atoms with Crippen LogP contribution in [-0.4, -0.2) is 34.0 Å². The molecular formula is C17H19NO4. The lowest BCUT2D eigenvalue weighted by atomic mass is 9.96. The number of rotatable bonds is 5. The van der Waals surface area contributed by atoms with Gasteiger partial charge < -0.3 is 10.0 Å². The van der Waals surface area contributed by atoms with Gasteiger partial charge in [0.25, 0.3) is 5.91 Å². The van der Waals surface area contributed by atoms with Crippen molar-refractivity contribution in [3.8, 4) is 0 Å². The van der Waals surface area contributed by atoms with E-state index in [1.165, 1.54) is 18.7 Å². The number of aryl methyl sites for hydroxylation is 1. The number of aliphatic hydroxyl groups excluding tert-OH is 1. The zero-order valence-corrected chi connectivity index (χ0v) is 12.9. The third-order valence-corrected chi connectivity index (χ3v) is 3.78. The van der Waals surface area contributed by atoms with Crippen molar-refractivity contribution in [3.63, 3.8) is 0 Å². The maximum Gasteiger partial charge on any atom is 0.290 e. The van der Waals surface area contributed by atoms with E-state index in [1.807, 2.05) is 31.2 Å². The van der Waals surface area contributed by atoms with E-state index in [2.05, 4.69) is 0 Å². The van der Waals surface area contributed by atoms with Crippen molar-refractivity contribution in [3.05, 3.63) is 46.7 Å². The van der Waals surface area contributed by atoms with Crippen LogP contribution in [0.5, 0.6) is 0 Å². The number of Topliss-reactive ketones (excluding diaryl/α,β-unsaturated/α-hetero) is 2. The predicted octanol–water partition coefficient (Wildman–Crippen LogP) is 2.26. The smallest absolute Gasteiger partial charge is 0.290 e. The van der Waals surface area contributed by atoms with E-state index in [0.29, 0.717) is 0 Å². The third kappa shape index (κ3) is 2.93.